The van der Waals surface area contributed by atoms with Crippen LogP contribution in [0, 0.1) is 6.92 Å². The van der Waals surface area contributed by atoms with Gasteiger partial charge in [-0.2, -0.15) is 0 Å². The Morgan fingerprint density at radius 2 is 1.84 bits per heavy atom. The highest BCUT2D eigenvalue weighted by Crippen LogP contribution is 2.24. The lowest BCUT2D eigenvalue weighted by atomic mass is 10.0. The Balaban J connectivity index is 1.91. The van der Waals surface area contributed by atoms with Gasteiger partial charge in [-0.1, -0.05) is 32.0 Å². The number of hydrogen-bond donors (Lipinski definition) is 1. The van der Waals surface area contributed by atoms with Crippen molar-refractivity contribution in [3.05, 3.63) is 53.6 Å². The molecule has 1 heterocycles. The molecule has 0 aliphatic rings. The molecule has 0 saturated heterocycles. The second-order valence-corrected chi connectivity index (χ2v) is 6.35. The minimum atomic E-state index is -0.0522. The van der Waals surface area contributed by atoms with Crippen LogP contribution in [0.15, 0.2) is 42.5 Å². The van der Waals surface area contributed by atoms with Crippen molar-refractivity contribution in [1.82, 2.24) is 15.2 Å². The average molecular weight is 335 g/mol. The maximum absolute atomic E-state index is 12.7. The van der Waals surface area contributed by atoms with Crippen molar-refractivity contribution in [3.8, 4) is 0 Å². The van der Waals surface area contributed by atoms with Crippen LogP contribution in [0.2, 0.25) is 0 Å². The summed E-state index contributed by atoms with van der Waals surface area (Å²) in [6.45, 7) is 9.77. The van der Waals surface area contributed by atoms with Crippen LogP contribution in [0.4, 0.5) is 0 Å². The van der Waals surface area contributed by atoms with Gasteiger partial charge >= 0.3 is 0 Å². The lowest BCUT2D eigenvalue weighted by Gasteiger charge is -2.18. The number of pyridine rings is 1. The van der Waals surface area contributed by atoms with Gasteiger partial charge in [0.2, 0.25) is 0 Å². The molecule has 0 fully saturated rings. The quantitative estimate of drug-likeness (QED) is 0.698. The average Bonchev–Trinajstić information content (AvgIpc) is 2.62. The van der Waals surface area contributed by atoms with E-state index in [0.29, 0.717) is 12.1 Å². The molecule has 4 nitrogen and oxygen atoms in total. The van der Waals surface area contributed by atoms with Crippen LogP contribution in [-0.4, -0.2) is 42.0 Å². The highest BCUT2D eigenvalue weighted by atomic mass is 16.1. The molecule has 0 atom stereocenters. The Kier molecular flexibility index (Phi) is 5.29. The van der Waals surface area contributed by atoms with Gasteiger partial charge in [0.15, 0.2) is 0 Å². The number of aromatic nitrogens is 1. The van der Waals surface area contributed by atoms with Crippen molar-refractivity contribution in [1.29, 1.82) is 0 Å². The summed E-state index contributed by atoms with van der Waals surface area (Å²) in [5.41, 5.74) is 3.40. The highest BCUT2D eigenvalue weighted by molar-refractivity contribution is 6.08. The number of para-hydroxylation sites is 1. The third-order valence-electron chi connectivity index (χ3n) is 4.62. The molecule has 0 bridgehead atoms. The summed E-state index contributed by atoms with van der Waals surface area (Å²) in [6, 6.07) is 14.1. The van der Waals surface area contributed by atoms with Gasteiger partial charge in [-0.05, 0) is 49.8 Å². The lowest BCUT2D eigenvalue weighted by molar-refractivity contribution is 0.0950. The summed E-state index contributed by atoms with van der Waals surface area (Å²) in [6.07, 6.45) is 0. The Morgan fingerprint density at radius 1 is 1.08 bits per heavy atom. The van der Waals surface area contributed by atoms with Crippen LogP contribution >= 0.6 is 0 Å². The number of hydrogen-bond acceptors (Lipinski definition) is 3. The van der Waals surface area contributed by atoms with Gasteiger partial charge in [-0.3, -0.25) is 4.79 Å². The van der Waals surface area contributed by atoms with Crippen LogP contribution in [-0.2, 0) is 0 Å². The number of carbonyl (C=O) groups is 1. The van der Waals surface area contributed by atoms with Crippen molar-refractivity contribution in [3.63, 3.8) is 0 Å². The first-order valence-electron chi connectivity index (χ1n) is 8.93. The summed E-state index contributed by atoms with van der Waals surface area (Å²) >= 11 is 0. The van der Waals surface area contributed by atoms with Gasteiger partial charge in [0.1, 0.15) is 0 Å². The van der Waals surface area contributed by atoms with E-state index in [1.807, 2.05) is 37.3 Å². The first kappa shape index (κ1) is 17.4. The van der Waals surface area contributed by atoms with E-state index in [1.54, 1.807) is 0 Å². The molecule has 3 rings (SSSR count). The smallest absolute Gasteiger partial charge is 0.253 e. The predicted octanol–water partition coefficient (Wildman–Crippen LogP) is 3.77. The standard InChI is InChI=1S/C21H25N3O/c1-4-24(5-2)11-10-22-21(25)18-13-15(3)12-17-14-16-8-6-7-9-19(16)23-20(17)18/h6-9,12-14H,4-5,10-11H2,1-3H3,(H,22,25). The van der Waals surface area contributed by atoms with Gasteiger partial charge < -0.3 is 10.2 Å². The molecular weight excluding hydrogens is 310 g/mol. The third-order valence-corrected chi connectivity index (χ3v) is 4.62. The Morgan fingerprint density at radius 3 is 2.60 bits per heavy atom. The monoisotopic (exact) mass is 335 g/mol. The van der Waals surface area contributed by atoms with Crippen LogP contribution in [0.1, 0.15) is 29.8 Å². The largest absolute Gasteiger partial charge is 0.351 e. The molecule has 0 aliphatic carbocycles. The molecule has 1 aromatic heterocycles. The zero-order valence-electron chi connectivity index (χ0n) is 15.2. The molecule has 0 spiro atoms. The second-order valence-electron chi connectivity index (χ2n) is 6.35. The number of likely N-dealkylation sites (N-methyl/N-ethyl adjacent to an activating group) is 1. The highest BCUT2D eigenvalue weighted by Gasteiger charge is 2.13. The van der Waals surface area contributed by atoms with Crippen molar-refractivity contribution in [2.24, 2.45) is 0 Å². The number of nitrogens with one attached hydrogen (secondary N) is 1. The first-order valence-corrected chi connectivity index (χ1v) is 8.93. The predicted molar refractivity (Wildman–Crippen MR) is 104 cm³/mol. The van der Waals surface area contributed by atoms with Gasteiger partial charge in [-0.25, -0.2) is 4.98 Å². The van der Waals surface area contributed by atoms with Gasteiger partial charge in [0, 0.05) is 23.9 Å². The van der Waals surface area contributed by atoms with E-state index in [9.17, 15) is 4.79 Å². The van der Waals surface area contributed by atoms with Crippen molar-refractivity contribution in [2.75, 3.05) is 26.2 Å². The van der Waals surface area contributed by atoms with E-state index < -0.39 is 0 Å². The number of rotatable bonds is 6. The summed E-state index contributed by atoms with van der Waals surface area (Å²) in [4.78, 5) is 19.8. The maximum Gasteiger partial charge on any atom is 0.253 e. The van der Waals surface area contributed by atoms with Crippen molar-refractivity contribution in [2.45, 2.75) is 20.8 Å². The minimum Gasteiger partial charge on any atom is -0.351 e. The van der Waals surface area contributed by atoms with E-state index in [4.69, 9.17) is 4.98 Å². The molecule has 3 aromatic rings. The van der Waals surface area contributed by atoms with Gasteiger partial charge in [0.25, 0.3) is 5.91 Å². The Labute approximate surface area is 148 Å². The molecular formula is C21H25N3O. The topological polar surface area (TPSA) is 45.2 Å². The van der Waals surface area contributed by atoms with E-state index in [-0.39, 0.29) is 5.91 Å². The van der Waals surface area contributed by atoms with Crippen LogP contribution in [0.25, 0.3) is 21.8 Å². The summed E-state index contributed by atoms with van der Waals surface area (Å²) in [5.74, 6) is -0.0522. The van der Waals surface area contributed by atoms with E-state index in [1.165, 1.54) is 0 Å². The minimum absolute atomic E-state index is 0.0522. The van der Waals surface area contributed by atoms with E-state index in [2.05, 4.69) is 36.2 Å². The molecule has 0 radical (unpaired) electrons. The summed E-state index contributed by atoms with van der Waals surface area (Å²) < 4.78 is 0. The number of fused-ring (bicyclic) bond motifs is 2. The zero-order chi connectivity index (χ0) is 17.8. The Bertz CT molecular complexity index is 900. The van der Waals surface area contributed by atoms with Crippen LogP contribution in [0.3, 0.4) is 0 Å². The van der Waals surface area contributed by atoms with Crippen LogP contribution in [0.5, 0.6) is 0 Å². The van der Waals surface area contributed by atoms with E-state index in [0.717, 1.165) is 47.0 Å². The molecule has 0 saturated carbocycles. The molecule has 130 valence electrons. The fraction of sp³-hybridized carbons (Fsp3) is 0.333. The Hall–Kier alpha value is -2.46. The van der Waals surface area contributed by atoms with Gasteiger partial charge in [0.05, 0.1) is 16.6 Å². The fourth-order valence-corrected chi connectivity index (χ4v) is 3.18. The van der Waals surface area contributed by atoms with Crippen molar-refractivity contribution >= 4 is 27.7 Å². The summed E-state index contributed by atoms with van der Waals surface area (Å²) in [5, 5.41) is 5.14. The molecule has 0 unspecified atom stereocenters. The molecule has 1 amide bonds. The summed E-state index contributed by atoms with van der Waals surface area (Å²) in [7, 11) is 0. The van der Waals surface area contributed by atoms with E-state index >= 15 is 0 Å². The molecule has 1 N–H and O–H groups in total. The lowest BCUT2D eigenvalue weighted by Crippen LogP contribution is -2.34. The maximum atomic E-state index is 12.7. The first-order chi connectivity index (χ1) is 12.1. The number of carbonyl (C=O) groups excluding carboxylic acids is 1. The fourth-order valence-electron chi connectivity index (χ4n) is 3.18. The number of nitrogens with zero attached hydrogens (tertiary/aromatic N) is 2. The van der Waals surface area contributed by atoms with Gasteiger partial charge in [-0.15, -0.1) is 0 Å². The molecule has 2 aromatic carbocycles. The molecule has 4 heteroatoms. The number of amides is 1. The van der Waals surface area contributed by atoms with Crippen molar-refractivity contribution < 1.29 is 4.79 Å². The SMILES string of the molecule is CCN(CC)CCNC(=O)c1cc(C)cc2cc3ccccc3nc12. The third kappa shape index (κ3) is 3.80. The molecule has 25 heavy (non-hydrogen) atoms. The van der Waals surface area contributed by atoms with Crippen LogP contribution < -0.4 is 5.32 Å². The second kappa shape index (κ2) is 7.62. The number of aryl methyl sites for hydroxylation is 1. The molecule has 0 aliphatic heterocycles. The zero-order valence-corrected chi connectivity index (χ0v) is 15.2. The normalized spacial score (nSPS) is 11.4. The number of benzene rings is 2.